The molecule has 0 atom stereocenters. The van der Waals surface area contributed by atoms with Gasteiger partial charge in [-0.05, 0) is 38.2 Å². The predicted octanol–water partition coefficient (Wildman–Crippen LogP) is 3.71. The minimum Gasteiger partial charge on any atom is -0.456 e. The van der Waals surface area contributed by atoms with Crippen LogP contribution in [0.2, 0.25) is 0 Å². The lowest BCUT2D eigenvalue weighted by Crippen LogP contribution is -2.21. The van der Waals surface area contributed by atoms with E-state index in [9.17, 15) is 19.2 Å². The summed E-state index contributed by atoms with van der Waals surface area (Å²) >= 11 is 1.42. The van der Waals surface area contributed by atoms with Crippen LogP contribution < -0.4 is 5.32 Å². The Hall–Kier alpha value is -2.80. The van der Waals surface area contributed by atoms with Gasteiger partial charge in [-0.3, -0.25) is 14.4 Å². The number of carbonyl (C=O) groups excluding carboxylic acids is 4. The minimum absolute atomic E-state index is 0.0480. The van der Waals surface area contributed by atoms with E-state index in [0.29, 0.717) is 16.1 Å². The number of benzene rings is 1. The molecule has 0 spiro atoms. The Morgan fingerprint density at radius 3 is 2.48 bits per heavy atom. The van der Waals surface area contributed by atoms with Gasteiger partial charge in [-0.15, -0.1) is 11.3 Å². The number of esters is 1. The average molecular weight is 413 g/mol. The van der Waals surface area contributed by atoms with Gasteiger partial charge in [-0.25, -0.2) is 0 Å². The fourth-order valence-corrected chi connectivity index (χ4v) is 4.59. The van der Waals surface area contributed by atoms with Gasteiger partial charge in [0.1, 0.15) is 10.8 Å². The molecule has 2 aromatic rings. The van der Waals surface area contributed by atoms with Crippen molar-refractivity contribution in [1.82, 2.24) is 0 Å². The number of ether oxygens (including phenoxy) is 1. The largest absolute Gasteiger partial charge is 0.456 e. The van der Waals surface area contributed by atoms with Crippen LogP contribution in [-0.2, 0) is 32.0 Å². The molecule has 1 amide bonds. The van der Waals surface area contributed by atoms with Crippen molar-refractivity contribution in [2.45, 2.75) is 45.4 Å². The molecule has 0 saturated heterocycles. The molecule has 0 radical (unpaired) electrons. The zero-order chi connectivity index (χ0) is 20.8. The third kappa shape index (κ3) is 5.38. The molecule has 1 aliphatic rings. The molecule has 1 aliphatic carbocycles. The number of aryl methyl sites for hydroxylation is 1. The van der Waals surface area contributed by atoms with E-state index in [2.05, 4.69) is 5.32 Å². The normalized spacial score (nSPS) is 12.7. The molecule has 1 N–H and O–H groups in total. The number of hydrogen-bond donors (Lipinski definition) is 1. The highest BCUT2D eigenvalue weighted by Gasteiger charge is 2.27. The number of rotatable bonds is 8. The molecule has 1 aromatic carbocycles. The van der Waals surface area contributed by atoms with Gasteiger partial charge < -0.3 is 14.8 Å². The summed E-state index contributed by atoms with van der Waals surface area (Å²) in [6, 6.07) is 8.99. The molecular weight excluding hydrogens is 390 g/mol. The quantitative estimate of drug-likeness (QED) is 0.526. The van der Waals surface area contributed by atoms with Crippen LogP contribution in [0.1, 0.15) is 59.0 Å². The minimum atomic E-state index is -0.596. The van der Waals surface area contributed by atoms with Gasteiger partial charge in [0.05, 0.1) is 12.0 Å². The summed E-state index contributed by atoms with van der Waals surface area (Å²) in [7, 11) is 0. The molecule has 0 aliphatic heterocycles. The van der Waals surface area contributed by atoms with Crippen molar-refractivity contribution in [1.29, 1.82) is 0 Å². The lowest BCUT2D eigenvalue weighted by molar-refractivity contribution is -0.148. The predicted molar refractivity (Wildman–Crippen MR) is 110 cm³/mol. The van der Waals surface area contributed by atoms with E-state index in [1.165, 1.54) is 18.3 Å². The summed E-state index contributed by atoms with van der Waals surface area (Å²) in [6.07, 6.45) is 3.83. The van der Waals surface area contributed by atoms with E-state index in [0.717, 1.165) is 36.1 Å². The molecule has 0 bridgehead atoms. The molecule has 0 fully saturated rings. The van der Waals surface area contributed by atoms with Crippen molar-refractivity contribution in [3.63, 3.8) is 0 Å². The zero-order valence-corrected chi connectivity index (χ0v) is 17.1. The van der Waals surface area contributed by atoms with Gasteiger partial charge in [0, 0.05) is 16.9 Å². The molecule has 0 saturated carbocycles. The lowest BCUT2D eigenvalue weighted by atomic mass is 9.92. The molecule has 6 nitrogen and oxygen atoms in total. The molecule has 1 aromatic heterocycles. The number of hydrogen-bond acceptors (Lipinski definition) is 6. The number of fused-ring (bicyclic) bond motifs is 1. The third-order valence-electron chi connectivity index (χ3n) is 4.73. The van der Waals surface area contributed by atoms with Crippen molar-refractivity contribution in [2.75, 3.05) is 11.9 Å². The number of thiophene rings is 1. The lowest BCUT2D eigenvalue weighted by Gasteiger charge is -2.12. The Morgan fingerprint density at radius 2 is 1.76 bits per heavy atom. The maximum atomic E-state index is 13.1. The fraction of sp³-hybridized carbons (Fsp3) is 0.364. The van der Waals surface area contributed by atoms with E-state index in [4.69, 9.17) is 4.74 Å². The van der Waals surface area contributed by atoms with Crippen LogP contribution in [0.25, 0.3) is 0 Å². The summed E-state index contributed by atoms with van der Waals surface area (Å²) in [6.45, 7) is 0.947. The number of carbonyl (C=O) groups is 4. The maximum absolute atomic E-state index is 13.1. The van der Waals surface area contributed by atoms with Crippen molar-refractivity contribution < 1.29 is 23.9 Å². The van der Waals surface area contributed by atoms with Crippen LogP contribution in [0.3, 0.4) is 0 Å². The van der Waals surface area contributed by atoms with Crippen LogP contribution in [0.4, 0.5) is 5.00 Å². The highest BCUT2D eigenvalue weighted by atomic mass is 32.1. The smallest absolute Gasteiger partial charge is 0.306 e. The number of amides is 1. The van der Waals surface area contributed by atoms with E-state index >= 15 is 0 Å². The van der Waals surface area contributed by atoms with Gasteiger partial charge in [0.15, 0.2) is 12.4 Å². The van der Waals surface area contributed by atoms with Crippen molar-refractivity contribution in [3.8, 4) is 0 Å². The number of anilines is 1. The number of nitrogens with one attached hydrogen (secondary N) is 1. The van der Waals surface area contributed by atoms with Gasteiger partial charge in [-0.2, -0.15) is 0 Å². The summed E-state index contributed by atoms with van der Waals surface area (Å²) in [5.74, 6) is -1.32. The second-order valence-corrected chi connectivity index (χ2v) is 8.13. The Kier molecular flexibility index (Phi) is 6.93. The monoisotopic (exact) mass is 413 g/mol. The summed E-state index contributed by atoms with van der Waals surface area (Å²) < 4.78 is 4.93. The van der Waals surface area contributed by atoms with E-state index < -0.39 is 18.5 Å². The van der Waals surface area contributed by atoms with Crippen LogP contribution in [0.15, 0.2) is 30.3 Å². The summed E-state index contributed by atoms with van der Waals surface area (Å²) in [4.78, 5) is 49.1. The second-order valence-electron chi connectivity index (χ2n) is 7.02. The SMILES string of the molecule is CC(=O)CCC(=O)OCC(=O)Nc1sc2c(c1C(=O)c1ccccc1)CCCC2. The van der Waals surface area contributed by atoms with Crippen molar-refractivity contribution >= 4 is 39.8 Å². The van der Waals surface area contributed by atoms with Crippen molar-refractivity contribution in [3.05, 3.63) is 51.9 Å². The molecular formula is C22H23NO5S. The van der Waals surface area contributed by atoms with Crippen molar-refractivity contribution in [2.24, 2.45) is 0 Å². The highest BCUT2D eigenvalue weighted by Crippen LogP contribution is 2.39. The average Bonchev–Trinajstić information content (AvgIpc) is 3.08. The van der Waals surface area contributed by atoms with E-state index in [-0.39, 0.29) is 24.4 Å². The van der Waals surface area contributed by atoms with Crippen LogP contribution in [-0.4, -0.2) is 30.0 Å². The Morgan fingerprint density at radius 1 is 1.03 bits per heavy atom. The van der Waals surface area contributed by atoms with Crippen LogP contribution in [0, 0.1) is 0 Å². The van der Waals surface area contributed by atoms with Crippen LogP contribution in [0.5, 0.6) is 0 Å². The van der Waals surface area contributed by atoms with Gasteiger partial charge >= 0.3 is 5.97 Å². The first-order valence-corrected chi connectivity index (χ1v) is 10.5. The first-order chi connectivity index (χ1) is 14.0. The molecule has 152 valence electrons. The molecule has 0 unspecified atom stereocenters. The topological polar surface area (TPSA) is 89.5 Å². The first-order valence-electron chi connectivity index (χ1n) is 9.65. The van der Waals surface area contributed by atoms with E-state index in [1.807, 2.05) is 18.2 Å². The van der Waals surface area contributed by atoms with Gasteiger partial charge in [0.2, 0.25) is 0 Å². The van der Waals surface area contributed by atoms with Crippen LogP contribution >= 0.6 is 11.3 Å². The Balaban J connectivity index is 1.74. The highest BCUT2D eigenvalue weighted by molar-refractivity contribution is 7.17. The molecule has 29 heavy (non-hydrogen) atoms. The zero-order valence-electron chi connectivity index (χ0n) is 16.3. The second kappa shape index (κ2) is 9.60. The van der Waals surface area contributed by atoms with Gasteiger partial charge in [0.25, 0.3) is 5.91 Å². The first kappa shape index (κ1) is 20.9. The maximum Gasteiger partial charge on any atom is 0.306 e. The molecule has 1 heterocycles. The fourth-order valence-electron chi connectivity index (χ4n) is 3.29. The third-order valence-corrected chi connectivity index (χ3v) is 5.94. The Labute approximate surface area is 173 Å². The number of ketones is 2. The molecule has 7 heteroatoms. The standard InChI is InChI=1S/C22H23NO5S/c1-14(24)11-12-19(26)28-13-18(25)23-22-20(16-9-5-6-10-17(16)29-22)21(27)15-7-3-2-4-8-15/h2-4,7-8H,5-6,9-13H2,1H3,(H,23,25). The number of Topliss-reactive ketones (excluding diaryl/α,β-unsaturated/α-hetero) is 1. The summed E-state index contributed by atoms with van der Waals surface area (Å²) in [5, 5.41) is 3.26. The summed E-state index contributed by atoms with van der Waals surface area (Å²) in [5.41, 5.74) is 2.14. The Bertz CT molecular complexity index is 932. The van der Waals surface area contributed by atoms with E-state index in [1.54, 1.807) is 12.1 Å². The van der Waals surface area contributed by atoms with Gasteiger partial charge in [-0.1, -0.05) is 30.3 Å². The molecule has 3 rings (SSSR count).